The summed E-state index contributed by atoms with van der Waals surface area (Å²) in [5, 5.41) is 5.12. The first-order chi connectivity index (χ1) is 10.8. The highest BCUT2D eigenvalue weighted by atomic mass is 16.7. The Morgan fingerprint density at radius 3 is 2.95 bits per heavy atom. The summed E-state index contributed by atoms with van der Waals surface area (Å²) in [7, 11) is 0. The number of hydrogen-bond donors (Lipinski definition) is 2. The fraction of sp³-hybridized carbons (Fsp3) is 0.133. The van der Waals surface area contributed by atoms with Crippen LogP contribution in [0.1, 0.15) is 11.5 Å². The summed E-state index contributed by atoms with van der Waals surface area (Å²) >= 11 is 0. The fourth-order valence-corrected chi connectivity index (χ4v) is 2.35. The summed E-state index contributed by atoms with van der Waals surface area (Å²) in [6.07, 6.45) is 5.04. The predicted octanol–water partition coefficient (Wildman–Crippen LogP) is 2.44. The van der Waals surface area contributed by atoms with Gasteiger partial charge in [-0.05, 0) is 19.1 Å². The number of rotatable bonds is 3. The zero-order valence-corrected chi connectivity index (χ0v) is 11.8. The number of aromatic amines is 1. The molecule has 0 atom stereocenters. The Bertz CT molecular complexity index is 858. The summed E-state index contributed by atoms with van der Waals surface area (Å²) in [5.41, 5.74) is 5.61. The van der Waals surface area contributed by atoms with Gasteiger partial charge in [0.15, 0.2) is 11.5 Å². The van der Waals surface area contributed by atoms with Crippen LogP contribution in [0, 0.1) is 6.92 Å². The molecule has 110 valence electrons. The van der Waals surface area contributed by atoms with Gasteiger partial charge in [0.2, 0.25) is 6.79 Å². The van der Waals surface area contributed by atoms with Gasteiger partial charge in [0.05, 0.1) is 17.4 Å². The summed E-state index contributed by atoms with van der Waals surface area (Å²) < 4.78 is 10.8. The Kier molecular flexibility index (Phi) is 2.89. The van der Waals surface area contributed by atoms with Gasteiger partial charge in [-0.2, -0.15) is 5.10 Å². The number of hydrazone groups is 1. The van der Waals surface area contributed by atoms with Crippen LogP contribution in [0.4, 0.5) is 5.69 Å². The van der Waals surface area contributed by atoms with E-state index in [1.807, 2.05) is 25.1 Å². The largest absolute Gasteiger partial charge is 0.454 e. The smallest absolute Gasteiger partial charge is 0.231 e. The maximum Gasteiger partial charge on any atom is 0.231 e. The van der Waals surface area contributed by atoms with Gasteiger partial charge in [-0.15, -0.1) is 0 Å². The van der Waals surface area contributed by atoms with Crippen molar-refractivity contribution in [2.45, 2.75) is 6.92 Å². The maximum absolute atomic E-state index is 5.42. The van der Waals surface area contributed by atoms with Crippen LogP contribution in [-0.4, -0.2) is 28.0 Å². The molecule has 0 spiro atoms. The van der Waals surface area contributed by atoms with Crippen LogP contribution in [0.5, 0.6) is 11.5 Å². The zero-order chi connectivity index (χ0) is 14.9. The topological polar surface area (TPSA) is 84.4 Å². The van der Waals surface area contributed by atoms with E-state index in [2.05, 4.69) is 25.5 Å². The van der Waals surface area contributed by atoms with Crippen LogP contribution < -0.4 is 14.9 Å². The molecule has 1 aliphatic heterocycles. The number of H-pyrrole nitrogens is 1. The van der Waals surface area contributed by atoms with E-state index < -0.39 is 0 Å². The van der Waals surface area contributed by atoms with Crippen LogP contribution in [-0.2, 0) is 0 Å². The molecule has 1 aromatic carbocycles. The molecule has 0 amide bonds. The molecule has 0 saturated carbocycles. The van der Waals surface area contributed by atoms with Crippen molar-refractivity contribution in [3.63, 3.8) is 0 Å². The van der Waals surface area contributed by atoms with Crippen LogP contribution in [0.15, 0.2) is 35.7 Å². The minimum absolute atomic E-state index is 0.240. The molecule has 2 aromatic heterocycles. The molecule has 0 unspecified atom stereocenters. The average molecular weight is 295 g/mol. The highest BCUT2D eigenvalue weighted by Gasteiger charge is 2.16. The number of aryl methyl sites for hydroxylation is 1. The highest BCUT2D eigenvalue weighted by Crippen LogP contribution is 2.38. The molecule has 0 fully saturated rings. The van der Waals surface area contributed by atoms with Gasteiger partial charge in [0.1, 0.15) is 5.82 Å². The number of benzene rings is 1. The van der Waals surface area contributed by atoms with Gasteiger partial charge < -0.3 is 14.5 Å². The molecule has 3 heterocycles. The van der Waals surface area contributed by atoms with E-state index in [0.29, 0.717) is 5.82 Å². The molecule has 4 rings (SSSR count). The zero-order valence-electron chi connectivity index (χ0n) is 11.8. The first-order valence-electron chi connectivity index (χ1n) is 6.79. The number of fused-ring (bicyclic) bond motifs is 2. The monoisotopic (exact) mass is 295 g/mol. The van der Waals surface area contributed by atoms with E-state index in [-0.39, 0.29) is 6.79 Å². The maximum atomic E-state index is 5.42. The minimum atomic E-state index is 0.240. The third-order valence-electron chi connectivity index (χ3n) is 3.32. The third-order valence-corrected chi connectivity index (χ3v) is 3.32. The van der Waals surface area contributed by atoms with Crippen molar-refractivity contribution < 1.29 is 9.47 Å². The molecule has 3 aromatic rings. The summed E-state index contributed by atoms with van der Waals surface area (Å²) in [6.45, 7) is 2.18. The molecule has 7 nitrogen and oxygen atoms in total. The molecule has 0 bridgehead atoms. The predicted molar refractivity (Wildman–Crippen MR) is 82.4 cm³/mol. The van der Waals surface area contributed by atoms with Crippen LogP contribution in [0.2, 0.25) is 0 Å². The average Bonchev–Trinajstić information content (AvgIpc) is 3.15. The van der Waals surface area contributed by atoms with Gasteiger partial charge in [-0.1, -0.05) is 0 Å². The molecule has 2 N–H and O–H groups in total. The van der Waals surface area contributed by atoms with Crippen molar-refractivity contribution in [1.29, 1.82) is 0 Å². The number of nitrogens with one attached hydrogen (secondary N) is 2. The van der Waals surface area contributed by atoms with Gasteiger partial charge in [-0.3, -0.25) is 10.4 Å². The molecule has 7 heteroatoms. The number of hydrogen-bond acceptors (Lipinski definition) is 6. The first-order valence-corrected chi connectivity index (χ1v) is 6.79. The Morgan fingerprint density at radius 2 is 2.14 bits per heavy atom. The quantitative estimate of drug-likeness (QED) is 0.572. The second-order valence-electron chi connectivity index (χ2n) is 4.88. The molecule has 22 heavy (non-hydrogen) atoms. The van der Waals surface area contributed by atoms with Gasteiger partial charge in [0, 0.05) is 29.5 Å². The molecular weight excluding hydrogens is 282 g/mol. The number of pyridine rings is 1. The normalized spacial score (nSPS) is 13.1. The van der Waals surface area contributed by atoms with Gasteiger partial charge >= 0.3 is 0 Å². The van der Waals surface area contributed by atoms with Crippen LogP contribution in [0.3, 0.4) is 0 Å². The second kappa shape index (κ2) is 5.03. The van der Waals surface area contributed by atoms with E-state index in [9.17, 15) is 0 Å². The van der Waals surface area contributed by atoms with Crippen molar-refractivity contribution in [3.05, 3.63) is 42.1 Å². The van der Waals surface area contributed by atoms with Crippen molar-refractivity contribution in [3.8, 4) is 11.5 Å². The summed E-state index contributed by atoms with van der Waals surface area (Å²) in [6, 6.07) is 5.73. The lowest BCUT2D eigenvalue weighted by molar-refractivity contribution is 0.174. The van der Waals surface area contributed by atoms with Crippen molar-refractivity contribution in [2.24, 2.45) is 5.10 Å². The van der Waals surface area contributed by atoms with Gasteiger partial charge in [0.25, 0.3) is 0 Å². The van der Waals surface area contributed by atoms with E-state index in [1.165, 1.54) is 0 Å². The number of nitrogens with zero attached hydrogens (tertiary/aromatic N) is 3. The number of ether oxygens (including phenoxy) is 2. The third kappa shape index (κ3) is 2.22. The van der Waals surface area contributed by atoms with Crippen molar-refractivity contribution in [1.82, 2.24) is 15.0 Å². The van der Waals surface area contributed by atoms with Gasteiger partial charge in [-0.25, -0.2) is 4.98 Å². The summed E-state index contributed by atoms with van der Waals surface area (Å²) in [4.78, 5) is 11.6. The Balaban J connectivity index is 1.73. The molecule has 0 radical (unpaired) electrons. The molecule has 1 aliphatic rings. The van der Waals surface area contributed by atoms with Crippen LogP contribution >= 0.6 is 0 Å². The van der Waals surface area contributed by atoms with Crippen molar-refractivity contribution in [2.75, 3.05) is 12.2 Å². The number of anilines is 1. The summed E-state index contributed by atoms with van der Waals surface area (Å²) in [5.74, 6) is 2.12. The van der Waals surface area contributed by atoms with E-state index in [4.69, 9.17) is 9.47 Å². The standard InChI is InChI=1S/C15H13N5O2/c1-9-4-12(20-18-7-15-16-2-3-17-15)10-5-13-14(22-8-21-13)6-11(10)19-9/h2-7H,8H2,1H3,(H,16,17)(H,19,20)/b18-7+. The minimum Gasteiger partial charge on any atom is -0.454 e. The fourth-order valence-electron chi connectivity index (χ4n) is 2.35. The number of aromatic nitrogens is 3. The van der Waals surface area contributed by atoms with Crippen molar-refractivity contribution >= 4 is 22.8 Å². The molecule has 0 saturated heterocycles. The lowest BCUT2D eigenvalue weighted by Crippen LogP contribution is -1.95. The Hall–Kier alpha value is -3.09. The first kappa shape index (κ1) is 12.6. The SMILES string of the molecule is Cc1cc(N/N=C/c2ncc[nH]2)c2cc3c(cc2n1)OCO3. The van der Waals surface area contributed by atoms with E-state index in [0.717, 1.165) is 33.8 Å². The lowest BCUT2D eigenvalue weighted by Gasteiger charge is -2.08. The molecule has 0 aliphatic carbocycles. The lowest BCUT2D eigenvalue weighted by atomic mass is 10.1. The van der Waals surface area contributed by atoms with Crippen LogP contribution in [0.25, 0.3) is 10.9 Å². The Labute approximate surface area is 126 Å². The number of imidazole rings is 1. The van der Waals surface area contributed by atoms with E-state index in [1.54, 1.807) is 18.6 Å². The van der Waals surface area contributed by atoms with E-state index >= 15 is 0 Å². The second-order valence-corrected chi connectivity index (χ2v) is 4.88. The highest BCUT2D eigenvalue weighted by molar-refractivity contribution is 5.94. The Morgan fingerprint density at radius 1 is 1.27 bits per heavy atom. The molecular formula is C15H13N5O2.